The number of nitrogens with zero attached hydrogens (tertiary/aromatic N) is 1. The highest BCUT2D eigenvalue weighted by Crippen LogP contribution is 2.26. The van der Waals surface area contributed by atoms with E-state index >= 15 is 0 Å². The van der Waals surface area contributed by atoms with Gasteiger partial charge in [-0.05, 0) is 60.7 Å². The Morgan fingerprint density at radius 1 is 0.816 bits per heavy atom. The topological polar surface area (TPSA) is 96.9 Å². The number of hydrogen-bond donors (Lipinski definition) is 2. The number of hydrogen-bond acceptors (Lipinski definition) is 5. The Kier molecular flexibility index (Phi) is 8.91. The molecule has 2 N–H and O–H groups in total. The molecule has 10 heteroatoms. The number of hydrazone groups is 1. The maximum absolute atomic E-state index is 12.9. The lowest BCUT2D eigenvalue weighted by Gasteiger charge is -2.10. The van der Waals surface area contributed by atoms with Crippen LogP contribution in [0.4, 0.5) is 5.69 Å². The lowest BCUT2D eigenvalue weighted by atomic mass is 10.1. The fourth-order valence-electron chi connectivity index (χ4n) is 3.32. The molecule has 0 aliphatic rings. The van der Waals surface area contributed by atoms with Gasteiger partial charge in [-0.2, -0.15) is 5.10 Å². The van der Waals surface area contributed by atoms with E-state index in [-0.39, 0.29) is 27.8 Å². The summed E-state index contributed by atoms with van der Waals surface area (Å²) in [5.41, 5.74) is 3.98. The molecule has 0 fully saturated rings. The zero-order chi connectivity index (χ0) is 27.1. The second-order valence-corrected chi connectivity index (χ2v) is 9.52. The monoisotopic (exact) mass is 609 g/mol. The zero-order valence-electron chi connectivity index (χ0n) is 19.5. The highest BCUT2D eigenvalue weighted by molar-refractivity contribution is 9.10. The van der Waals surface area contributed by atoms with Gasteiger partial charge >= 0.3 is 5.97 Å². The minimum absolute atomic E-state index is 0.143. The highest BCUT2D eigenvalue weighted by atomic mass is 79.9. The number of nitrogens with one attached hydrogen (secondary N) is 2. The summed E-state index contributed by atoms with van der Waals surface area (Å²) in [4.78, 5) is 38.1. The first-order valence-corrected chi connectivity index (χ1v) is 12.6. The predicted molar refractivity (Wildman–Crippen MR) is 151 cm³/mol. The fourth-order valence-corrected chi connectivity index (χ4v) is 4.18. The summed E-state index contributed by atoms with van der Waals surface area (Å²) in [6.45, 7) is 0. The molecule has 0 heterocycles. The smallest absolute Gasteiger partial charge is 0.345 e. The molecule has 0 radical (unpaired) electrons. The van der Waals surface area contributed by atoms with Crippen molar-refractivity contribution in [3.05, 3.63) is 128 Å². The van der Waals surface area contributed by atoms with Gasteiger partial charge < -0.3 is 10.1 Å². The third-order valence-corrected chi connectivity index (χ3v) is 6.19. The number of benzene rings is 4. The van der Waals surface area contributed by atoms with Crippen molar-refractivity contribution in [3.63, 3.8) is 0 Å². The van der Waals surface area contributed by atoms with Crippen molar-refractivity contribution in [2.75, 3.05) is 5.32 Å². The van der Waals surface area contributed by atoms with Crippen LogP contribution < -0.4 is 15.5 Å². The van der Waals surface area contributed by atoms with E-state index in [0.29, 0.717) is 26.3 Å². The molecule has 2 amide bonds. The summed E-state index contributed by atoms with van der Waals surface area (Å²) in [6, 6.07) is 24.6. The van der Waals surface area contributed by atoms with Crippen LogP contribution in [0.15, 0.2) is 101 Å². The number of ether oxygens (including phenoxy) is 1. The van der Waals surface area contributed by atoms with Gasteiger partial charge in [-0.15, -0.1) is 0 Å². The standard InChI is InChI=1S/C28H18BrCl2N3O4/c29-19-10-13-25(38-28(37)21-12-11-20(30)15-23(21)31)18(14-19)16-32-34-27(36)22-8-4-5-9-24(22)33-26(35)17-6-2-1-3-7-17/h1-16H,(H,33,35)(H,34,36)/b32-16-. The first-order valence-electron chi connectivity index (χ1n) is 11.1. The fraction of sp³-hybridized carbons (Fsp3) is 0. The Hall–Kier alpha value is -3.98. The molecule has 0 unspecified atom stereocenters. The molecule has 0 atom stereocenters. The van der Waals surface area contributed by atoms with E-state index in [2.05, 4.69) is 31.8 Å². The molecule has 4 aromatic carbocycles. The van der Waals surface area contributed by atoms with E-state index in [0.717, 1.165) is 0 Å². The highest BCUT2D eigenvalue weighted by Gasteiger charge is 2.16. The molecule has 0 spiro atoms. The number of para-hydroxylation sites is 1. The Morgan fingerprint density at radius 3 is 2.32 bits per heavy atom. The van der Waals surface area contributed by atoms with E-state index in [1.165, 1.54) is 24.4 Å². The molecule has 0 bridgehead atoms. The minimum atomic E-state index is -0.684. The average molecular weight is 611 g/mol. The second kappa shape index (κ2) is 12.5. The normalized spacial score (nSPS) is 10.7. The number of anilines is 1. The molecule has 4 rings (SSSR count). The SMILES string of the molecule is O=C(Nc1ccccc1C(=O)N/N=C\c1cc(Br)ccc1OC(=O)c1ccc(Cl)cc1Cl)c1ccccc1. The van der Waals surface area contributed by atoms with Gasteiger partial charge in [-0.25, -0.2) is 10.2 Å². The van der Waals surface area contributed by atoms with Gasteiger partial charge in [0.2, 0.25) is 0 Å². The Morgan fingerprint density at radius 2 is 1.55 bits per heavy atom. The summed E-state index contributed by atoms with van der Waals surface area (Å²) >= 11 is 15.4. The van der Waals surface area contributed by atoms with Crippen LogP contribution in [0, 0.1) is 0 Å². The van der Waals surface area contributed by atoms with Crippen molar-refractivity contribution in [1.29, 1.82) is 0 Å². The lowest BCUT2D eigenvalue weighted by Crippen LogP contribution is -2.21. The summed E-state index contributed by atoms with van der Waals surface area (Å²) in [6.07, 6.45) is 1.33. The Bertz CT molecular complexity index is 1540. The van der Waals surface area contributed by atoms with Crippen LogP contribution in [0.5, 0.6) is 5.75 Å². The molecule has 0 aliphatic carbocycles. The average Bonchev–Trinajstić information content (AvgIpc) is 2.90. The molecular formula is C28H18BrCl2N3O4. The summed E-state index contributed by atoms with van der Waals surface area (Å²) in [5, 5.41) is 7.30. The van der Waals surface area contributed by atoms with E-state index in [4.69, 9.17) is 27.9 Å². The molecule has 38 heavy (non-hydrogen) atoms. The summed E-state index contributed by atoms with van der Waals surface area (Å²) in [5.74, 6) is -1.39. The minimum Gasteiger partial charge on any atom is -0.422 e. The quantitative estimate of drug-likeness (QED) is 0.102. The largest absolute Gasteiger partial charge is 0.422 e. The van der Waals surface area contributed by atoms with Crippen molar-refractivity contribution >= 4 is 68.8 Å². The van der Waals surface area contributed by atoms with Crippen molar-refractivity contribution < 1.29 is 19.1 Å². The predicted octanol–water partition coefficient (Wildman–Crippen LogP) is 6.99. The molecule has 0 saturated carbocycles. The van der Waals surface area contributed by atoms with E-state index in [1.807, 2.05) is 0 Å². The first-order chi connectivity index (χ1) is 18.3. The number of carbonyl (C=O) groups excluding carboxylic acids is 3. The number of amides is 2. The summed E-state index contributed by atoms with van der Waals surface area (Å²) < 4.78 is 6.21. The Labute approximate surface area is 236 Å². The first kappa shape index (κ1) is 27.1. The van der Waals surface area contributed by atoms with Gasteiger partial charge in [0.15, 0.2) is 0 Å². The Balaban J connectivity index is 1.48. The van der Waals surface area contributed by atoms with Crippen molar-refractivity contribution in [2.24, 2.45) is 5.10 Å². The van der Waals surface area contributed by atoms with Gasteiger partial charge in [0, 0.05) is 20.6 Å². The van der Waals surface area contributed by atoms with Crippen LogP contribution in [-0.2, 0) is 0 Å². The molecule has 0 aliphatic heterocycles. The van der Waals surface area contributed by atoms with Gasteiger partial charge in [-0.3, -0.25) is 9.59 Å². The van der Waals surface area contributed by atoms with Crippen molar-refractivity contribution in [2.45, 2.75) is 0 Å². The molecule has 4 aromatic rings. The van der Waals surface area contributed by atoms with Gasteiger partial charge in [0.25, 0.3) is 11.8 Å². The molecular weight excluding hydrogens is 593 g/mol. The second-order valence-electron chi connectivity index (χ2n) is 7.76. The van der Waals surface area contributed by atoms with Crippen LogP contribution >= 0.6 is 39.1 Å². The number of halogens is 3. The molecule has 0 aromatic heterocycles. The van der Waals surface area contributed by atoms with E-state index < -0.39 is 11.9 Å². The van der Waals surface area contributed by atoms with Crippen molar-refractivity contribution in [3.8, 4) is 5.75 Å². The zero-order valence-corrected chi connectivity index (χ0v) is 22.5. The van der Waals surface area contributed by atoms with Crippen LogP contribution in [0.3, 0.4) is 0 Å². The lowest BCUT2D eigenvalue weighted by molar-refractivity contribution is 0.0734. The number of esters is 1. The van der Waals surface area contributed by atoms with Crippen LogP contribution in [-0.4, -0.2) is 24.0 Å². The van der Waals surface area contributed by atoms with Crippen LogP contribution in [0.2, 0.25) is 10.0 Å². The third kappa shape index (κ3) is 6.86. The van der Waals surface area contributed by atoms with Gasteiger partial charge in [-0.1, -0.05) is 69.5 Å². The van der Waals surface area contributed by atoms with Crippen LogP contribution in [0.25, 0.3) is 0 Å². The maximum Gasteiger partial charge on any atom is 0.345 e. The van der Waals surface area contributed by atoms with Gasteiger partial charge in [0.1, 0.15) is 5.75 Å². The third-order valence-electron chi connectivity index (χ3n) is 5.15. The van der Waals surface area contributed by atoms with Crippen molar-refractivity contribution in [1.82, 2.24) is 5.43 Å². The number of rotatable bonds is 7. The summed E-state index contributed by atoms with van der Waals surface area (Å²) in [7, 11) is 0. The number of carbonyl (C=O) groups is 3. The maximum atomic E-state index is 12.9. The van der Waals surface area contributed by atoms with Gasteiger partial charge in [0.05, 0.1) is 28.1 Å². The molecule has 7 nitrogen and oxygen atoms in total. The van der Waals surface area contributed by atoms with Crippen LogP contribution in [0.1, 0.15) is 36.6 Å². The molecule has 190 valence electrons. The van der Waals surface area contributed by atoms with E-state index in [1.54, 1.807) is 72.8 Å². The molecule has 0 saturated heterocycles. The van der Waals surface area contributed by atoms with E-state index in [9.17, 15) is 14.4 Å².